The molecular formula is C23H30O6S. The zero-order valence-electron chi connectivity index (χ0n) is 17.2. The maximum atomic E-state index is 13.5. The molecule has 6 bridgehead atoms. The van der Waals surface area contributed by atoms with Crippen LogP contribution < -0.4 is 0 Å². The van der Waals surface area contributed by atoms with Crippen molar-refractivity contribution in [2.75, 3.05) is 12.4 Å². The second-order valence-corrected chi connectivity index (χ2v) is 11.3. The predicted molar refractivity (Wildman–Crippen MR) is 108 cm³/mol. The molecule has 1 saturated heterocycles. The standard InChI is InChI=1S/C23H30O6S/c24-20(27-2-1-3-30)16-14-7-15-17(16)21(25)28-18(15)19(14)29-22(26)23-8-11-4-12(9-23)6-13(5-11)10-23/h11-19,30H,1-10H2. The average molecular weight is 435 g/mol. The van der Waals surface area contributed by atoms with Gasteiger partial charge in [0, 0.05) is 11.8 Å². The third-order valence-electron chi connectivity index (χ3n) is 9.08. The van der Waals surface area contributed by atoms with Crippen LogP contribution in [0.5, 0.6) is 0 Å². The molecule has 0 spiro atoms. The van der Waals surface area contributed by atoms with Crippen LogP contribution in [-0.4, -0.2) is 42.5 Å². The topological polar surface area (TPSA) is 78.9 Å². The zero-order chi connectivity index (χ0) is 20.6. The first kappa shape index (κ1) is 19.4. The molecule has 0 radical (unpaired) electrons. The summed E-state index contributed by atoms with van der Waals surface area (Å²) >= 11 is 4.15. The van der Waals surface area contributed by atoms with Crippen LogP contribution in [-0.2, 0) is 28.6 Å². The van der Waals surface area contributed by atoms with Gasteiger partial charge in [-0.1, -0.05) is 0 Å². The Morgan fingerprint density at radius 2 is 1.70 bits per heavy atom. The largest absolute Gasteiger partial charge is 0.465 e. The highest BCUT2D eigenvalue weighted by molar-refractivity contribution is 7.80. The Morgan fingerprint density at radius 3 is 2.33 bits per heavy atom. The Kier molecular flexibility index (Phi) is 4.46. The summed E-state index contributed by atoms with van der Waals surface area (Å²) in [5.41, 5.74) is -0.346. The molecule has 7 aliphatic rings. The number of hydrogen-bond acceptors (Lipinski definition) is 7. The monoisotopic (exact) mass is 434 g/mol. The Bertz CT molecular complexity index is 744. The molecule has 0 aromatic rings. The van der Waals surface area contributed by atoms with Crippen LogP contribution in [0.3, 0.4) is 0 Å². The molecule has 7 heteroatoms. The van der Waals surface area contributed by atoms with Gasteiger partial charge in [0.15, 0.2) is 0 Å². The molecule has 6 nitrogen and oxygen atoms in total. The third-order valence-corrected chi connectivity index (χ3v) is 9.40. The van der Waals surface area contributed by atoms with Gasteiger partial charge in [0.1, 0.15) is 12.2 Å². The lowest BCUT2D eigenvalue weighted by Gasteiger charge is -2.55. The van der Waals surface area contributed by atoms with E-state index in [0.29, 0.717) is 43.0 Å². The number of carbonyl (C=O) groups is 3. The van der Waals surface area contributed by atoms with Crippen molar-refractivity contribution in [1.82, 2.24) is 0 Å². The fraction of sp³-hybridized carbons (Fsp3) is 0.870. The first-order valence-electron chi connectivity index (χ1n) is 11.7. The quantitative estimate of drug-likeness (QED) is 0.300. The highest BCUT2D eigenvalue weighted by atomic mass is 32.1. The summed E-state index contributed by atoms with van der Waals surface area (Å²) in [6, 6.07) is 0. The van der Waals surface area contributed by atoms with E-state index in [4.69, 9.17) is 14.2 Å². The summed E-state index contributed by atoms with van der Waals surface area (Å²) in [6.07, 6.45) is 7.13. The number of rotatable bonds is 6. The van der Waals surface area contributed by atoms with Crippen molar-refractivity contribution < 1.29 is 28.6 Å². The molecule has 6 unspecified atom stereocenters. The smallest absolute Gasteiger partial charge is 0.312 e. The van der Waals surface area contributed by atoms with E-state index >= 15 is 0 Å². The highest BCUT2D eigenvalue weighted by Gasteiger charge is 2.70. The fourth-order valence-electron chi connectivity index (χ4n) is 8.41. The van der Waals surface area contributed by atoms with Crippen molar-refractivity contribution >= 4 is 30.5 Å². The van der Waals surface area contributed by atoms with E-state index in [1.165, 1.54) is 19.3 Å². The van der Waals surface area contributed by atoms with E-state index in [1.54, 1.807) is 0 Å². The lowest BCUT2D eigenvalue weighted by molar-refractivity contribution is -0.187. The third kappa shape index (κ3) is 2.72. The molecule has 164 valence electrons. The Morgan fingerprint density at radius 1 is 1.03 bits per heavy atom. The number of thiol groups is 1. The Labute approximate surface area is 182 Å². The first-order chi connectivity index (χ1) is 14.5. The van der Waals surface area contributed by atoms with E-state index in [0.717, 1.165) is 19.3 Å². The summed E-state index contributed by atoms with van der Waals surface area (Å²) in [5, 5.41) is 0. The minimum atomic E-state index is -0.546. The van der Waals surface area contributed by atoms with E-state index in [-0.39, 0.29) is 41.3 Å². The summed E-state index contributed by atoms with van der Waals surface area (Å²) in [4.78, 5) is 38.8. The van der Waals surface area contributed by atoms with Crippen LogP contribution in [0.15, 0.2) is 0 Å². The highest BCUT2D eigenvalue weighted by Crippen LogP contribution is 2.62. The van der Waals surface area contributed by atoms with Crippen molar-refractivity contribution in [2.24, 2.45) is 46.8 Å². The van der Waals surface area contributed by atoms with Gasteiger partial charge >= 0.3 is 17.9 Å². The molecule has 0 N–H and O–H groups in total. The van der Waals surface area contributed by atoms with Gasteiger partial charge in [-0.15, -0.1) is 0 Å². The molecule has 0 aromatic heterocycles. The van der Waals surface area contributed by atoms with Crippen LogP contribution in [0.1, 0.15) is 51.4 Å². The van der Waals surface area contributed by atoms with Crippen molar-refractivity contribution in [3.05, 3.63) is 0 Å². The second kappa shape index (κ2) is 6.88. The molecule has 6 saturated carbocycles. The number of fused-ring (bicyclic) bond motifs is 1. The number of esters is 3. The second-order valence-electron chi connectivity index (χ2n) is 10.8. The van der Waals surface area contributed by atoms with Gasteiger partial charge in [0.2, 0.25) is 0 Å². The fourth-order valence-corrected chi connectivity index (χ4v) is 8.54. The molecule has 7 rings (SSSR count). The number of carbonyl (C=O) groups excluding carboxylic acids is 3. The Balaban J connectivity index is 1.20. The maximum Gasteiger partial charge on any atom is 0.312 e. The molecule has 30 heavy (non-hydrogen) atoms. The van der Waals surface area contributed by atoms with E-state index < -0.39 is 17.9 Å². The zero-order valence-corrected chi connectivity index (χ0v) is 18.1. The normalized spacial score (nSPS) is 49.4. The van der Waals surface area contributed by atoms with E-state index in [1.807, 2.05) is 0 Å². The Hall–Kier alpha value is -1.24. The van der Waals surface area contributed by atoms with Crippen LogP contribution >= 0.6 is 12.6 Å². The van der Waals surface area contributed by atoms with Crippen LogP contribution in [0, 0.1) is 46.8 Å². The molecule has 0 aromatic carbocycles. The van der Waals surface area contributed by atoms with Gasteiger partial charge < -0.3 is 14.2 Å². The lowest BCUT2D eigenvalue weighted by atomic mass is 9.49. The minimum absolute atomic E-state index is 0.0286. The predicted octanol–water partition coefficient (Wildman–Crippen LogP) is 2.79. The van der Waals surface area contributed by atoms with Gasteiger partial charge in [0.25, 0.3) is 0 Å². The molecule has 1 aliphatic heterocycles. The van der Waals surface area contributed by atoms with Gasteiger partial charge in [0.05, 0.1) is 23.9 Å². The van der Waals surface area contributed by atoms with Gasteiger partial charge in [-0.05, 0) is 74.9 Å². The first-order valence-corrected chi connectivity index (χ1v) is 12.3. The van der Waals surface area contributed by atoms with Gasteiger partial charge in [-0.2, -0.15) is 12.6 Å². The van der Waals surface area contributed by atoms with Crippen LogP contribution in [0.25, 0.3) is 0 Å². The maximum absolute atomic E-state index is 13.5. The molecule has 7 fully saturated rings. The molecular weight excluding hydrogens is 404 g/mol. The van der Waals surface area contributed by atoms with Crippen molar-refractivity contribution in [3.8, 4) is 0 Å². The SMILES string of the molecule is O=C1OC2C3CC(C2OC(=O)C24CC5CC(CC(C5)C2)C4)C(C(=O)OCCCS)C13. The van der Waals surface area contributed by atoms with Crippen molar-refractivity contribution in [2.45, 2.75) is 63.6 Å². The average Bonchev–Trinajstić information content (AvgIpc) is 3.30. The van der Waals surface area contributed by atoms with Gasteiger partial charge in [-0.3, -0.25) is 14.4 Å². The summed E-state index contributed by atoms with van der Waals surface area (Å²) in [5.74, 6) is 0.680. The molecule has 6 aliphatic carbocycles. The summed E-state index contributed by atoms with van der Waals surface area (Å²) < 4.78 is 17.3. The molecule has 0 amide bonds. The van der Waals surface area contributed by atoms with Gasteiger partial charge in [-0.25, -0.2) is 0 Å². The number of ether oxygens (including phenoxy) is 3. The van der Waals surface area contributed by atoms with Crippen molar-refractivity contribution in [1.29, 1.82) is 0 Å². The van der Waals surface area contributed by atoms with Crippen LogP contribution in [0.4, 0.5) is 0 Å². The summed E-state index contributed by atoms with van der Waals surface area (Å²) in [6.45, 7) is 0.305. The van der Waals surface area contributed by atoms with Crippen molar-refractivity contribution in [3.63, 3.8) is 0 Å². The lowest BCUT2D eigenvalue weighted by Crippen LogP contribution is -2.52. The van der Waals surface area contributed by atoms with Crippen LogP contribution in [0.2, 0.25) is 0 Å². The number of hydrogen-bond donors (Lipinski definition) is 1. The molecule has 6 atom stereocenters. The van der Waals surface area contributed by atoms with E-state index in [9.17, 15) is 14.4 Å². The van der Waals surface area contributed by atoms with E-state index in [2.05, 4.69) is 12.6 Å². The minimum Gasteiger partial charge on any atom is -0.465 e. The summed E-state index contributed by atoms with van der Waals surface area (Å²) in [7, 11) is 0. The molecule has 1 heterocycles.